The normalized spacial score (nSPS) is 44.7. The van der Waals surface area contributed by atoms with Crippen molar-refractivity contribution in [2.45, 2.75) is 78.6 Å². The van der Waals surface area contributed by atoms with Gasteiger partial charge in [0.2, 0.25) is 0 Å². The Hall–Kier alpha value is -0.654. The topological polar surface area (TPSA) is 102 Å². The Kier molecular flexibility index (Phi) is 17.6. The Balaban J connectivity index is 0.000000409. The van der Waals surface area contributed by atoms with Gasteiger partial charge in [0.15, 0.2) is 0 Å². The van der Waals surface area contributed by atoms with Crippen molar-refractivity contribution in [3.63, 3.8) is 0 Å². The van der Waals surface area contributed by atoms with Gasteiger partial charge in [-0.05, 0) is 78.6 Å². The van der Waals surface area contributed by atoms with Gasteiger partial charge in [-0.15, -0.1) is 65.8 Å². The fraction of sp³-hybridized carbons (Fsp3) is 0.375. The highest BCUT2D eigenvalue weighted by molar-refractivity contribution is 7.00. The maximum Gasteiger partial charge on any atom is 0.344 e. The number of rotatable bonds is 10. The zero-order valence-electron chi connectivity index (χ0n) is 34.8. The molecule has 304 valence electrons. The molecular formula is C32H66O11Si11. The molecule has 0 bridgehead atoms. The van der Waals surface area contributed by atoms with Crippen LogP contribution in [0.5, 0.6) is 0 Å². The second kappa shape index (κ2) is 18.5. The zero-order chi connectivity index (χ0) is 42.3. The van der Waals surface area contributed by atoms with Crippen LogP contribution >= 0.6 is 0 Å². The Morgan fingerprint density at radius 2 is 0.296 bits per heavy atom. The van der Waals surface area contributed by atoms with E-state index >= 15 is 0 Å². The summed E-state index contributed by atoms with van der Waals surface area (Å²) in [6.45, 7) is 61.9. The van der Waals surface area contributed by atoms with Crippen LogP contribution in [-0.4, -0.2) is 94.2 Å². The molecule has 0 aromatic carbocycles. The first-order chi connectivity index (χ1) is 24.4. The summed E-state index contributed by atoms with van der Waals surface area (Å²) in [5.74, 6) is 0. The van der Waals surface area contributed by atoms with E-state index in [0.717, 1.165) is 0 Å². The van der Waals surface area contributed by atoms with Crippen LogP contribution in [0.25, 0.3) is 0 Å². The fourth-order valence-corrected chi connectivity index (χ4v) is 55.1. The van der Waals surface area contributed by atoms with Crippen LogP contribution in [0.1, 0.15) is 0 Å². The predicted octanol–water partition coefficient (Wildman–Crippen LogP) is 8.86. The van der Waals surface area contributed by atoms with Crippen molar-refractivity contribution in [3.05, 3.63) is 123 Å². The van der Waals surface area contributed by atoms with E-state index in [0.29, 0.717) is 0 Å². The molecule has 3 saturated heterocycles. The third kappa shape index (κ3) is 14.3. The van der Waals surface area contributed by atoms with E-state index in [1.807, 2.05) is 78.6 Å². The first kappa shape index (κ1) is 51.4. The van der Waals surface area contributed by atoms with Crippen LogP contribution in [0.2, 0.25) is 78.6 Å². The second-order valence-corrected chi connectivity index (χ2v) is 50.9. The average Bonchev–Trinajstić information content (AvgIpc) is 3.06. The lowest BCUT2D eigenvalue weighted by molar-refractivity contribution is 0.246. The maximum absolute atomic E-state index is 6.25. The lowest BCUT2D eigenvalue weighted by Crippen LogP contribution is -2.65. The molecule has 0 radical (unpaired) electrons. The van der Waals surface area contributed by atoms with E-state index in [1.54, 1.807) is 57.0 Å². The monoisotopic (exact) mass is 934 g/mol. The molecule has 3 heterocycles. The molecule has 0 aliphatic carbocycles. The summed E-state index contributed by atoms with van der Waals surface area (Å²) in [7, 11) is -27.2. The minimum absolute atomic E-state index is 1.75. The molecule has 0 aromatic rings. The SMILES string of the molecule is C=C[Si]1(C)O[Si](C)(C)O[Si](C)(C=C)O[Si](C)(C=C)O1.C=C[Si]1(C)O[Si](C)(C=C)O[Si](C)(C=C)O1.C=C[Si]1(C)O[Si](C)(C=C)O[Si](C)(C=C)O[Si](C)(C=C)O1. The van der Waals surface area contributed by atoms with E-state index < -0.39 is 94.2 Å². The van der Waals surface area contributed by atoms with Gasteiger partial charge in [0, 0.05) is 0 Å². The fourth-order valence-electron chi connectivity index (χ4n) is 5.66. The van der Waals surface area contributed by atoms with Gasteiger partial charge in [0.05, 0.1) is 0 Å². The molecule has 2 atom stereocenters. The largest absolute Gasteiger partial charge is 0.413 e. The molecule has 0 amide bonds. The molecule has 22 heteroatoms. The maximum atomic E-state index is 6.25. The number of hydrogen-bond donors (Lipinski definition) is 0. The molecular weight excluding hydrogens is 869 g/mol. The van der Waals surface area contributed by atoms with Crippen molar-refractivity contribution in [1.29, 1.82) is 0 Å². The minimum atomic E-state index is -2.60. The van der Waals surface area contributed by atoms with Crippen molar-refractivity contribution in [2.75, 3.05) is 0 Å². The highest BCUT2D eigenvalue weighted by atomic mass is 28.5. The van der Waals surface area contributed by atoms with Crippen molar-refractivity contribution in [3.8, 4) is 0 Å². The molecule has 3 fully saturated rings. The Morgan fingerprint density at radius 1 is 0.204 bits per heavy atom. The molecule has 0 N–H and O–H groups in total. The van der Waals surface area contributed by atoms with E-state index in [-0.39, 0.29) is 0 Å². The van der Waals surface area contributed by atoms with Crippen LogP contribution in [-0.2, 0) is 45.3 Å². The summed E-state index contributed by atoms with van der Waals surface area (Å²) in [5.41, 5.74) is 17.7. The quantitative estimate of drug-likeness (QED) is 0.197. The highest BCUT2D eigenvalue weighted by Gasteiger charge is 2.56. The summed E-state index contributed by atoms with van der Waals surface area (Å²) < 4.78 is 67.7. The van der Waals surface area contributed by atoms with E-state index in [2.05, 4.69) is 65.8 Å². The molecule has 0 saturated carbocycles. The third-order valence-electron chi connectivity index (χ3n) is 8.25. The van der Waals surface area contributed by atoms with Gasteiger partial charge in [-0.25, -0.2) is 0 Å². The standard InChI is InChI=1S/C12H24O4Si4.C11H24O4Si4.C9H18O3Si3/c1-9-17(5)13-18(6,10-2)15-20(8,12-4)16-19(7,11-3)14-17;1-9-17(6)12-16(4,5)13-18(7,10-2)15-19(8,11-3)14-17;1-7-13(4)10-14(5,8-2)12-15(6,9-3)11-13/h9-12H,1-4H2,5-8H3;9-11H,1-3H2,4-8H3;7-9H,1-3H2,4-6H3. The molecule has 3 aliphatic heterocycles. The van der Waals surface area contributed by atoms with Gasteiger partial charge < -0.3 is 45.3 Å². The summed E-state index contributed by atoms with van der Waals surface area (Å²) in [6, 6.07) is 0. The first-order valence-electron chi connectivity index (χ1n) is 17.5. The van der Waals surface area contributed by atoms with E-state index in [4.69, 9.17) is 45.3 Å². The smallest absolute Gasteiger partial charge is 0.344 e. The lowest BCUT2D eigenvalue weighted by atomic mass is 11.3. The zero-order valence-corrected chi connectivity index (χ0v) is 45.8. The summed E-state index contributed by atoms with van der Waals surface area (Å²) >= 11 is 0. The van der Waals surface area contributed by atoms with Crippen LogP contribution in [0.15, 0.2) is 123 Å². The Labute approximate surface area is 338 Å². The first-order valence-corrected chi connectivity index (χ1v) is 44.2. The number of hydrogen-bond acceptors (Lipinski definition) is 11. The molecule has 2 unspecified atom stereocenters. The van der Waals surface area contributed by atoms with Crippen molar-refractivity contribution >= 4 is 94.2 Å². The van der Waals surface area contributed by atoms with Gasteiger partial charge in [-0.2, -0.15) is 0 Å². The average molecular weight is 936 g/mol. The van der Waals surface area contributed by atoms with Crippen LogP contribution in [0, 0.1) is 0 Å². The van der Waals surface area contributed by atoms with Gasteiger partial charge in [-0.3, -0.25) is 0 Å². The van der Waals surface area contributed by atoms with E-state index in [9.17, 15) is 0 Å². The van der Waals surface area contributed by atoms with Crippen molar-refractivity contribution in [2.24, 2.45) is 0 Å². The third-order valence-corrected chi connectivity index (χ3v) is 52.0. The van der Waals surface area contributed by atoms with Crippen molar-refractivity contribution in [1.82, 2.24) is 0 Å². The van der Waals surface area contributed by atoms with Crippen LogP contribution in [0.3, 0.4) is 0 Å². The predicted molar refractivity (Wildman–Crippen MR) is 248 cm³/mol. The summed E-state index contributed by atoms with van der Waals surface area (Å²) in [5, 5.41) is 0. The molecule has 11 nitrogen and oxygen atoms in total. The van der Waals surface area contributed by atoms with Crippen LogP contribution < -0.4 is 0 Å². The second-order valence-electron chi connectivity index (χ2n) is 14.7. The molecule has 0 spiro atoms. The molecule has 3 rings (SSSR count). The lowest BCUT2D eigenvalue weighted by Gasteiger charge is -2.46. The Bertz CT molecular complexity index is 1310. The van der Waals surface area contributed by atoms with Crippen LogP contribution in [0.4, 0.5) is 0 Å². The molecule has 54 heavy (non-hydrogen) atoms. The summed E-state index contributed by atoms with van der Waals surface area (Å²) in [6.07, 6.45) is 0. The van der Waals surface area contributed by atoms with Gasteiger partial charge in [0.1, 0.15) is 0 Å². The summed E-state index contributed by atoms with van der Waals surface area (Å²) in [4.78, 5) is 0. The van der Waals surface area contributed by atoms with Gasteiger partial charge >= 0.3 is 94.2 Å². The van der Waals surface area contributed by atoms with Gasteiger partial charge in [-0.1, -0.05) is 57.0 Å². The minimum Gasteiger partial charge on any atom is -0.413 e. The molecule has 3 aliphatic rings. The highest BCUT2D eigenvalue weighted by Crippen LogP contribution is 2.34. The molecule has 0 aromatic heterocycles. The van der Waals surface area contributed by atoms with Gasteiger partial charge in [0.25, 0.3) is 0 Å². The van der Waals surface area contributed by atoms with Crippen molar-refractivity contribution < 1.29 is 45.3 Å². The Morgan fingerprint density at radius 3 is 0.389 bits per heavy atom. The van der Waals surface area contributed by atoms with E-state index in [1.165, 1.54) is 0 Å².